The smallest absolute Gasteiger partial charge is 0.356 e. The van der Waals surface area contributed by atoms with E-state index in [1.165, 1.54) is 10.7 Å². The Morgan fingerprint density at radius 2 is 2.29 bits per heavy atom. The van der Waals surface area contributed by atoms with E-state index in [1.54, 1.807) is 6.20 Å². The summed E-state index contributed by atoms with van der Waals surface area (Å²) in [5, 5.41) is 12.5. The van der Waals surface area contributed by atoms with Crippen LogP contribution in [-0.2, 0) is 6.73 Å². The molecule has 0 aliphatic carbocycles. The molecule has 0 bridgehead atoms. The van der Waals surface area contributed by atoms with Gasteiger partial charge in [0.2, 0.25) is 0 Å². The molecule has 2 aromatic rings. The van der Waals surface area contributed by atoms with E-state index in [9.17, 15) is 4.79 Å². The number of carboxylic acid groups (broad SMARTS) is 1. The van der Waals surface area contributed by atoms with E-state index in [-0.39, 0.29) is 12.4 Å². The highest BCUT2D eigenvalue weighted by molar-refractivity contribution is 5.84. The summed E-state index contributed by atoms with van der Waals surface area (Å²) in [7, 11) is 0. The summed E-state index contributed by atoms with van der Waals surface area (Å²) in [6.45, 7) is 2.17. The molecule has 0 aliphatic heterocycles. The molecule has 2 rings (SSSR count). The first kappa shape index (κ1) is 11.2. The number of aromatic nitrogens is 2. The highest BCUT2D eigenvalue weighted by atomic mass is 16.5. The van der Waals surface area contributed by atoms with E-state index in [2.05, 4.69) is 5.10 Å². The van der Waals surface area contributed by atoms with Gasteiger partial charge in [0.05, 0.1) is 0 Å². The zero-order valence-corrected chi connectivity index (χ0v) is 9.33. The van der Waals surface area contributed by atoms with Gasteiger partial charge >= 0.3 is 5.97 Å². The Morgan fingerprint density at radius 1 is 1.47 bits per heavy atom. The largest absolute Gasteiger partial charge is 0.476 e. The Bertz CT molecular complexity index is 534. The molecule has 0 radical (unpaired) electrons. The minimum absolute atomic E-state index is 0.0119. The summed E-state index contributed by atoms with van der Waals surface area (Å²) < 4.78 is 6.91. The third-order valence-corrected chi connectivity index (χ3v) is 2.21. The van der Waals surface area contributed by atoms with Crippen LogP contribution in [0.4, 0.5) is 0 Å². The molecule has 1 aromatic heterocycles. The van der Waals surface area contributed by atoms with Crippen LogP contribution in [0.3, 0.4) is 0 Å². The van der Waals surface area contributed by atoms with E-state index in [1.807, 2.05) is 31.2 Å². The van der Waals surface area contributed by atoms with Crippen LogP contribution in [0.2, 0.25) is 0 Å². The first-order chi connectivity index (χ1) is 8.15. The van der Waals surface area contributed by atoms with Crippen molar-refractivity contribution in [2.45, 2.75) is 13.7 Å². The number of rotatable bonds is 4. The fraction of sp³-hybridized carbons (Fsp3) is 0.167. The van der Waals surface area contributed by atoms with Gasteiger partial charge in [0, 0.05) is 6.20 Å². The monoisotopic (exact) mass is 232 g/mol. The molecular formula is C12H12N2O3. The molecule has 88 valence electrons. The van der Waals surface area contributed by atoms with Crippen LogP contribution in [0.25, 0.3) is 0 Å². The Labute approximate surface area is 98.3 Å². The number of ether oxygens (including phenoxy) is 1. The standard InChI is InChI=1S/C12H12N2O3/c1-9-3-2-4-10(7-9)17-8-14-6-5-11(13-14)12(15)16/h2-7H,8H2,1H3,(H,15,16). The van der Waals surface area contributed by atoms with Crippen molar-refractivity contribution in [3.8, 4) is 5.75 Å². The van der Waals surface area contributed by atoms with Gasteiger partial charge in [0.1, 0.15) is 5.75 Å². The molecule has 0 atom stereocenters. The third kappa shape index (κ3) is 2.84. The molecule has 0 fully saturated rings. The molecule has 5 heteroatoms. The molecular weight excluding hydrogens is 220 g/mol. The molecule has 0 spiro atoms. The van der Waals surface area contributed by atoms with Crippen molar-refractivity contribution in [1.82, 2.24) is 9.78 Å². The van der Waals surface area contributed by atoms with E-state index in [0.29, 0.717) is 0 Å². The normalized spacial score (nSPS) is 10.2. The van der Waals surface area contributed by atoms with Crippen molar-refractivity contribution >= 4 is 5.97 Å². The average molecular weight is 232 g/mol. The van der Waals surface area contributed by atoms with Crippen LogP contribution in [0, 0.1) is 6.92 Å². The number of benzene rings is 1. The molecule has 0 saturated carbocycles. The highest BCUT2D eigenvalue weighted by Crippen LogP contribution is 2.12. The van der Waals surface area contributed by atoms with Crippen molar-refractivity contribution in [3.63, 3.8) is 0 Å². The van der Waals surface area contributed by atoms with Gasteiger partial charge in [-0.3, -0.25) is 0 Å². The van der Waals surface area contributed by atoms with Gasteiger partial charge in [-0.15, -0.1) is 0 Å². The molecule has 5 nitrogen and oxygen atoms in total. The van der Waals surface area contributed by atoms with Crippen LogP contribution in [0.15, 0.2) is 36.5 Å². The zero-order valence-electron chi connectivity index (χ0n) is 9.33. The number of nitrogens with zero attached hydrogens (tertiary/aromatic N) is 2. The van der Waals surface area contributed by atoms with E-state index < -0.39 is 5.97 Å². The fourth-order valence-corrected chi connectivity index (χ4v) is 1.39. The van der Waals surface area contributed by atoms with Crippen molar-refractivity contribution in [2.75, 3.05) is 0 Å². The quantitative estimate of drug-likeness (QED) is 0.874. The van der Waals surface area contributed by atoms with Crippen molar-refractivity contribution in [3.05, 3.63) is 47.8 Å². The lowest BCUT2D eigenvalue weighted by Crippen LogP contribution is -2.07. The van der Waals surface area contributed by atoms with Gasteiger partial charge in [-0.25, -0.2) is 9.48 Å². The van der Waals surface area contributed by atoms with Gasteiger partial charge in [-0.2, -0.15) is 5.10 Å². The molecule has 0 aliphatic rings. The van der Waals surface area contributed by atoms with Crippen LogP contribution < -0.4 is 4.74 Å². The second-order valence-electron chi connectivity index (χ2n) is 3.64. The summed E-state index contributed by atoms with van der Waals surface area (Å²) in [6.07, 6.45) is 1.57. The summed E-state index contributed by atoms with van der Waals surface area (Å²) in [4.78, 5) is 10.6. The summed E-state index contributed by atoms with van der Waals surface area (Å²) in [6, 6.07) is 9.05. The number of hydrogen-bond donors (Lipinski definition) is 1. The molecule has 0 unspecified atom stereocenters. The first-order valence-corrected chi connectivity index (χ1v) is 5.11. The molecule has 1 heterocycles. The van der Waals surface area contributed by atoms with Crippen molar-refractivity contribution in [2.24, 2.45) is 0 Å². The fourth-order valence-electron chi connectivity index (χ4n) is 1.39. The molecule has 1 aromatic carbocycles. The average Bonchev–Trinajstić information content (AvgIpc) is 2.75. The Balaban J connectivity index is 2.00. The second-order valence-corrected chi connectivity index (χ2v) is 3.64. The Kier molecular flexibility index (Phi) is 3.09. The topological polar surface area (TPSA) is 64.3 Å². The van der Waals surface area contributed by atoms with Gasteiger partial charge < -0.3 is 9.84 Å². The lowest BCUT2D eigenvalue weighted by molar-refractivity contribution is 0.0688. The maximum atomic E-state index is 10.6. The Morgan fingerprint density at radius 3 is 2.94 bits per heavy atom. The molecule has 17 heavy (non-hydrogen) atoms. The van der Waals surface area contributed by atoms with Gasteiger partial charge in [0.15, 0.2) is 12.4 Å². The molecule has 0 saturated heterocycles. The second kappa shape index (κ2) is 4.69. The van der Waals surface area contributed by atoms with Crippen LogP contribution in [0.5, 0.6) is 5.75 Å². The molecule has 1 N–H and O–H groups in total. The van der Waals surface area contributed by atoms with Crippen molar-refractivity contribution in [1.29, 1.82) is 0 Å². The minimum Gasteiger partial charge on any atom is -0.476 e. The number of aromatic carboxylic acids is 1. The molecule has 0 amide bonds. The first-order valence-electron chi connectivity index (χ1n) is 5.11. The Hall–Kier alpha value is -2.30. The van der Waals surface area contributed by atoms with E-state index in [4.69, 9.17) is 9.84 Å². The number of hydrogen-bond acceptors (Lipinski definition) is 3. The van der Waals surface area contributed by atoms with Gasteiger partial charge in [0.25, 0.3) is 0 Å². The lowest BCUT2D eigenvalue weighted by Gasteiger charge is -2.06. The van der Waals surface area contributed by atoms with Gasteiger partial charge in [-0.05, 0) is 30.7 Å². The van der Waals surface area contributed by atoms with Crippen LogP contribution in [0.1, 0.15) is 16.1 Å². The van der Waals surface area contributed by atoms with E-state index in [0.717, 1.165) is 11.3 Å². The minimum atomic E-state index is -1.04. The third-order valence-electron chi connectivity index (χ3n) is 2.21. The maximum Gasteiger partial charge on any atom is 0.356 e. The SMILES string of the molecule is Cc1cccc(OCn2ccc(C(=O)O)n2)c1. The van der Waals surface area contributed by atoms with Crippen LogP contribution >= 0.6 is 0 Å². The number of carboxylic acids is 1. The highest BCUT2D eigenvalue weighted by Gasteiger charge is 2.06. The lowest BCUT2D eigenvalue weighted by atomic mass is 10.2. The van der Waals surface area contributed by atoms with E-state index >= 15 is 0 Å². The van der Waals surface area contributed by atoms with Gasteiger partial charge in [-0.1, -0.05) is 12.1 Å². The zero-order chi connectivity index (χ0) is 12.3. The number of carbonyl (C=O) groups is 1. The predicted molar refractivity (Wildman–Crippen MR) is 61.0 cm³/mol. The summed E-state index contributed by atoms with van der Waals surface area (Å²) in [5.74, 6) is -0.309. The summed E-state index contributed by atoms with van der Waals surface area (Å²) >= 11 is 0. The summed E-state index contributed by atoms with van der Waals surface area (Å²) in [5.41, 5.74) is 1.12. The van der Waals surface area contributed by atoms with Crippen LogP contribution in [-0.4, -0.2) is 20.9 Å². The van der Waals surface area contributed by atoms with Crippen molar-refractivity contribution < 1.29 is 14.6 Å². The maximum absolute atomic E-state index is 10.6. The predicted octanol–water partition coefficient (Wildman–Crippen LogP) is 1.93. The number of aryl methyl sites for hydroxylation is 1.